The molecule has 0 saturated carbocycles. The number of rotatable bonds is 7. The van der Waals surface area contributed by atoms with E-state index in [1.54, 1.807) is 0 Å². The Bertz CT molecular complexity index is 845. The van der Waals surface area contributed by atoms with Crippen molar-refractivity contribution in [2.45, 2.75) is 43.4 Å². The first-order valence-corrected chi connectivity index (χ1v) is 10.3. The molecule has 1 heterocycles. The van der Waals surface area contributed by atoms with Gasteiger partial charge in [-0.25, -0.2) is 4.98 Å². The Balaban J connectivity index is 1.74. The third-order valence-corrected chi connectivity index (χ3v) is 6.47. The van der Waals surface area contributed by atoms with E-state index in [1.165, 1.54) is 16.7 Å². The molecule has 26 heavy (non-hydrogen) atoms. The summed E-state index contributed by atoms with van der Waals surface area (Å²) in [5.41, 5.74) is 3.81. The molecular formula is C21H22Cl2N2S. The van der Waals surface area contributed by atoms with Crippen LogP contribution in [0.1, 0.15) is 23.1 Å². The molecule has 1 atom stereocenters. The second-order valence-electron chi connectivity index (χ2n) is 6.53. The van der Waals surface area contributed by atoms with Crippen molar-refractivity contribution >= 4 is 35.0 Å². The molecule has 0 aliphatic rings. The second kappa shape index (κ2) is 8.98. The summed E-state index contributed by atoms with van der Waals surface area (Å²) in [5, 5.41) is 2.01. The first-order chi connectivity index (χ1) is 12.5. The Morgan fingerprint density at radius 3 is 2.50 bits per heavy atom. The molecule has 3 rings (SSSR count). The summed E-state index contributed by atoms with van der Waals surface area (Å²) >= 11 is 14.4. The highest BCUT2D eigenvalue weighted by molar-refractivity contribution is 8.00. The smallest absolute Gasteiger partial charge is 0.0946 e. The van der Waals surface area contributed by atoms with Gasteiger partial charge in [0.2, 0.25) is 0 Å². The van der Waals surface area contributed by atoms with Crippen molar-refractivity contribution in [3.63, 3.8) is 0 Å². The maximum atomic E-state index is 6.51. The number of halogens is 2. The molecule has 1 aromatic heterocycles. The SMILES string of the molecule is Cc1cc(Cl)c(SC(CCc2ccc(Cl)cc2)Cn2ccnc2)cc1C. The fraction of sp³-hybridized carbons (Fsp3) is 0.286. The Hall–Kier alpha value is -1.42. The van der Waals surface area contributed by atoms with E-state index < -0.39 is 0 Å². The van der Waals surface area contributed by atoms with Gasteiger partial charge in [-0.2, -0.15) is 0 Å². The van der Waals surface area contributed by atoms with Crippen LogP contribution in [-0.4, -0.2) is 14.8 Å². The molecule has 0 bridgehead atoms. The number of imidazole rings is 1. The minimum Gasteiger partial charge on any atom is -0.336 e. The molecule has 2 aromatic carbocycles. The lowest BCUT2D eigenvalue weighted by atomic mass is 10.1. The molecule has 5 heteroatoms. The summed E-state index contributed by atoms with van der Waals surface area (Å²) in [6.07, 6.45) is 7.76. The van der Waals surface area contributed by atoms with Gasteiger partial charge in [0.05, 0.1) is 11.3 Å². The first-order valence-electron chi connectivity index (χ1n) is 8.65. The van der Waals surface area contributed by atoms with Crippen molar-refractivity contribution in [2.24, 2.45) is 0 Å². The molecule has 2 nitrogen and oxygen atoms in total. The van der Waals surface area contributed by atoms with Crippen LogP contribution >= 0.6 is 35.0 Å². The number of aryl methyl sites for hydroxylation is 3. The number of benzene rings is 2. The van der Waals surface area contributed by atoms with Gasteiger partial charge in [-0.3, -0.25) is 0 Å². The lowest BCUT2D eigenvalue weighted by Gasteiger charge is -2.19. The number of hydrogen-bond acceptors (Lipinski definition) is 2. The van der Waals surface area contributed by atoms with Crippen molar-refractivity contribution in [2.75, 3.05) is 0 Å². The number of aromatic nitrogens is 2. The van der Waals surface area contributed by atoms with Crippen molar-refractivity contribution < 1.29 is 0 Å². The Morgan fingerprint density at radius 1 is 1.08 bits per heavy atom. The topological polar surface area (TPSA) is 17.8 Å². The van der Waals surface area contributed by atoms with Crippen molar-refractivity contribution in [3.8, 4) is 0 Å². The lowest BCUT2D eigenvalue weighted by Crippen LogP contribution is -2.13. The van der Waals surface area contributed by atoms with Crippen LogP contribution in [0.2, 0.25) is 10.0 Å². The molecule has 3 aromatic rings. The fourth-order valence-corrected chi connectivity index (χ4v) is 4.56. The highest BCUT2D eigenvalue weighted by Gasteiger charge is 2.15. The molecule has 0 fully saturated rings. The number of nitrogens with zero attached hydrogens (tertiary/aromatic N) is 2. The van der Waals surface area contributed by atoms with E-state index in [0.29, 0.717) is 5.25 Å². The summed E-state index contributed by atoms with van der Waals surface area (Å²) in [6.45, 7) is 5.13. The van der Waals surface area contributed by atoms with Gasteiger partial charge in [0, 0.05) is 34.1 Å². The lowest BCUT2D eigenvalue weighted by molar-refractivity contribution is 0.624. The van der Waals surface area contributed by atoms with Gasteiger partial charge in [-0.1, -0.05) is 35.3 Å². The maximum Gasteiger partial charge on any atom is 0.0946 e. The monoisotopic (exact) mass is 404 g/mol. The minimum absolute atomic E-state index is 0.402. The van der Waals surface area contributed by atoms with Crippen LogP contribution in [0.15, 0.2) is 60.0 Å². The molecule has 0 aliphatic heterocycles. The van der Waals surface area contributed by atoms with Gasteiger partial charge in [0.15, 0.2) is 0 Å². The largest absolute Gasteiger partial charge is 0.336 e. The molecule has 0 amide bonds. The van der Waals surface area contributed by atoms with Crippen LogP contribution in [-0.2, 0) is 13.0 Å². The van der Waals surface area contributed by atoms with Gasteiger partial charge >= 0.3 is 0 Å². The van der Waals surface area contributed by atoms with E-state index in [9.17, 15) is 0 Å². The van der Waals surface area contributed by atoms with Gasteiger partial charge in [-0.15, -0.1) is 11.8 Å². The van der Waals surface area contributed by atoms with Gasteiger partial charge in [0.25, 0.3) is 0 Å². The van der Waals surface area contributed by atoms with E-state index >= 15 is 0 Å². The molecule has 0 aliphatic carbocycles. The summed E-state index contributed by atoms with van der Waals surface area (Å²) in [7, 11) is 0. The zero-order chi connectivity index (χ0) is 18.5. The van der Waals surface area contributed by atoms with Crippen molar-refractivity contribution in [1.82, 2.24) is 9.55 Å². The van der Waals surface area contributed by atoms with Crippen LogP contribution < -0.4 is 0 Å². The summed E-state index contributed by atoms with van der Waals surface area (Å²) in [5.74, 6) is 0. The zero-order valence-corrected chi connectivity index (χ0v) is 17.3. The average Bonchev–Trinajstić information content (AvgIpc) is 3.12. The number of hydrogen-bond donors (Lipinski definition) is 0. The van der Waals surface area contributed by atoms with Crippen LogP contribution in [0.4, 0.5) is 0 Å². The van der Waals surface area contributed by atoms with E-state index in [1.807, 2.05) is 42.6 Å². The van der Waals surface area contributed by atoms with E-state index in [-0.39, 0.29) is 0 Å². The molecule has 1 unspecified atom stereocenters. The van der Waals surface area contributed by atoms with Crippen molar-refractivity contribution in [1.29, 1.82) is 0 Å². The normalized spacial score (nSPS) is 12.3. The Kier molecular flexibility index (Phi) is 6.68. The quantitative estimate of drug-likeness (QED) is 0.412. The predicted molar refractivity (Wildman–Crippen MR) is 113 cm³/mol. The maximum absolute atomic E-state index is 6.51. The van der Waals surface area contributed by atoms with Crippen molar-refractivity contribution in [3.05, 3.63) is 81.9 Å². The van der Waals surface area contributed by atoms with Gasteiger partial charge < -0.3 is 4.57 Å². The van der Waals surface area contributed by atoms with E-state index in [2.05, 4.69) is 47.7 Å². The van der Waals surface area contributed by atoms with E-state index in [4.69, 9.17) is 23.2 Å². The fourth-order valence-electron chi connectivity index (χ4n) is 2.82. The number of thioether (sulfide) groups is 1. The van der Waals surface area contributed by atoms with Crippen LogP contribution in [0.5, 0.6) is 0 Å². The summed E-state index contributed by atoms with van der Waals surface area (Å²) in [6, 6.07) is 12.4. The molecular weight excluding hydrogens is 383 g/mol. The van der Waals surface area contributed by atoms with E-state index in [0.717, 1.165) is 34.3 Å². The standard InChI is InChI=1S/C21H22Cl2N2S/c1-15-11-20(23)21(12-16(15)2)26-19(13-25-10-9-24-14-25)8-5-17-3-6-18(22)7-4-17/h3-4,6-7,9-12,14,19H,5,8,13H2,1-2H3. The van der Waals surface area contributed by atoms with Gasteiger partial charge in [-0.05, 0) is 67.6 Å². The molecule has 0 saturated heterocycles. The summed E-state index contributed by atoms with van der Waals surface area (Å²) in [4.78, 5) is 5.32. The van der Waals surface area contributed by atoms with Crippen LogP contribution in [0, 0.1) is 13.8 Å². The minimum atomic E-state index is 0.402. The predicted octanol–water partition coefficient (Wildman–Crippen LogP) is 6.60. The summed E-state index contributed by atoms with van der Waals surface area (Å²) < 4.78 is 2.13. The molecule has 0 spiro atoms. The average molecular weight is 405 g/mol. The third-order valence-electron chi connectivity index (χ3n) is 4.48. The second-order valence-corrected chi connectivity index (χ2v) is 8.72. The first kappa shape index (κ1) is 19.3. The van der Waals surface area contributed by atoms with Crippen LogP contribution in [0.3, 0.4) is 0 Å². The molecule has 0 radical (unpaired) electrons. The van der Waals surface area contributed by atoms with Crippen LogP contribution in [0.25, 0.3) is 0 Å². The highest BCUT2D eigenvalue weighted by atomic mass is 35.5. The molecule has 0 N–H and O–H groups in total. The Labute approximate surface area is 169 Å². The zero-order valence-electron chi connectivity index (χ0n) is 15.0. The molecule has 136 valence electrons. The Morgan fingerprint density at radius 2 is 1.81 bits per heavy atom. The van der Waals surface area contributed by atoms with Gasteiger partial charge in [0.1, 0.15) is 0 Å². The third kappa shape index (κ3) is 5.29. The highest BCUT2D eigenvalue weighted by Crippen LogP contribution is 2.35.